The first-order valence-corrected chi connectivity index (χ1v) is 12.0. The van der Waals surface area contributed by atoms with E-state index in [9.17, 15) is 27.6 Å². The fourth-order valence-corrected chi connectivity index (χ4v) is 4.07. The summed E-state index contributed by atoms with van der Waals surface area (Å²) >= 11 is -0.277. The maximum atomic E-state index is 12.9. The van der Waals surface area contributed by atoms with Crippen molar-refractivity contribution in [3.05, 3.63) is 48.2 Å². The number of nitrogens with zero attached hydrogens (tertiary/aromatic N) is 4. The highest BCUT2D eigenvalue weighted by atomic mass is 32.2. The quantitative estimate of drug-likeness (QED) is 0.359. The molecule has 194 valence electrons. The van der Waals surface area contributed by atoms with Crippen LogP contribution in [0.15, 0.2) is 47.5 Å². The van der Waals surface area contributed by atoms with Crippen LogP contribution in [-0.2, 0) is 16.1 Å². The SMILES string of the molecule is CCN(CC)CCOC(=O)Nc1cc(CN2CC(=O)N(c3ccc(SC(F)(F)F)cc3)C2=O)ccn1. The molecule has 3 rings (SSSR count). The van der Waals surface area contributed by atoms with E-state index in [2.05, 4.69) is 15.2 Å². The van der Waals surface area contributed by atoms with Crippen molar-refractivity contribution in [2.45, 2.75) is 30.8 Å². The second-order valence-electron chi connectivity index (χ2n) is 7.75. The molecule has 0 atom stereocenters. The van der Waals surface area contributed by atoms with Gasteiger partial charge in [-0.3, -0.25) is 10.1 Å². The first kappa shape index (κ1) is 27.3. The third-order valence-electron chi connectivity index (χ3n) is 5.33. The minimum absolute atomic E-state index is 0.0504. The molecule has 2 aromatic rings. The molecule has 1 aromatic carbocycles. The number of pyridine rings is 1. The Labute approximate surface area is 210 Å². The van der Waals surface area contributed by atoms with Crippen LogP contribution < -0.4 is 10.2 Å². The number of benzene rings is 1. The first-order chi connectivity index (χ1) is 17.1. The topological polar surface area (TPSA) is 95.1 Å². The molecule has 1 aliphatic rings. The molecule has 0 aliphatic carbocycles. The van der Waals surface area contributed by atoms with Crippen molar-refractivity contribution in [1.82, 2.24) is 14.8 Å². The number of halogens is 3. The minimum atomic E-state index is -4.43. The lowest BCUT2D eigenvalue weighted by atomic mass is 10.2. The van der Waals surface area contributed by atoms with Gasteiger partial charge in [-0.1, -0.05) is 13.8 Å². The Kier molecular flexibility index (Phi) is 9.15. The number of carbonyl (C=O) groups is 3. The van der Waals surface area contributed by atoms with Crippen LogP contribution in [0.5, 0.6) is 0 Å². The Morgan fingerprint density at radius 2 is 1.86 bits per heavy atom. The van der Waals surface area contributed by atoms with Crippen molar-refractivity contribution < 1.29 is 32.3 Å². The summed E-state index contributed by atoms with van der Waals surface area (Å²) in [6.07, 6.45) is 0.801. The summed E-state index contributed by atoms with van der Waals surface area (Å²) in [7, 11) is 0. The van der Waals surface area contributed by atoms with Crippen molar-refractivity contribution >= 4 is 41.3 Å². The summed E-state index contributed by atoms with van der Waals surface area (Å²) in [5, 5.41) is 2.54. The Balaban J connectivity index is 1.58. The molecule has 0 saturated carbocycles. The molecule has 0 unspecified atom stereocenters. The van der Waals surface area contributed by atoms with Gasteiger partial charge in [0.25, 0.3) is 5.91 Å². The van der Waals surface area contributed by atoms with Crippen molar-refractivity contribution in [2.24, 2.45) is 0 Å². The highest BCUT2D eigenvalue weighted by Gasteiger charge is 2.37. The molecular formula is C23H26F3N5O4S. The summed E-state index contributed by atoms with van der Waals surface area (Å²) in [5.74, 6) is -0.270. The zero-order valence-electron chi connectivity index (χ0n) is 19.7. The molecule has 0 radical (unpaired) electrons. The van der Waals surface area contributed by atoms with Gasteiger partial charge >= 0.3 is 17.6 Å². The molecule has 13 heteroatoms. The fourth-order valence-electron chi connectivity index (χ4n) is 3.53. The minimum Gasteiger partial charge on any atom is -0.448 e. The van der Waals surface area contributed by atoms with E-state index in [1.54, 1.807) is 12.1 Å². The number of thioether (sulfide) groups is 1. The van der Waals surface area contributed by atoms with Crippen molar-refractivity contribution in [1.29, 1.82) is 0 Å². The van der Waals surface area contributed by atoms with Crippen molar-refractivity contribution in [3.63, 3.8) is 0 Å². The number of likely N-dealkylation sites (N-methyl/N-ethyl adjacent to an activating group) is 1. The third kappa shape index (κ3) is 7.59. The van der Waals surface area contributed by atoms with Crippen molar-refractivity contribution in [2.75, 3.05) is 43.0 Å². The summed E-state index contributed by atoms with van der Waals surface area (Å²) in [5.41, 5.74) is -3.63. The lowest BCUT2D eigenvalue weighted by Crippen LogP contribution is -2.32. The zero-order valence-corrected chi connectivity index (χ0v) is 20.6. The van der Waals surface area contributed by atoms with Crippen LogP contribution in [0.3, 0.4) is 0 Å². The molecule has 2 heterocycles. The predicted octanol–water partition coefficient (Wildman–Crippen LogP) is 4.55. The number of aromatic nitrogens is 1. The smallest absolute Gasteiger partial charge is 0.446 e. The van der Waals surface area contributed by atoms with E-state index in [-0.39, 0.29) is 47.9 Å². The van der Waals surface area contributed by atoms with Gasteiger partial charge in [-0.15, -0.1) is 0 Å². The summed E-state index contributed by atoms with van der Waals surface area (Å²) in [4.78, 5) is 45.8. The van der Waals surface area contributed by atoms with Gasteiger partial charge in [0, 0.05) is 24.2 Å². The van der Waals surface area contributed by atoms with Crippen molar-refractivity contribution in [3.8, 4) is 0 Å². The number of nitrogens with one attached hydrogen (secondary N) is 1. The number of rotatable bonds is 10. The molecule has 1 saturated heterocycles. The molecule has 1 aliphatic heterocycles. The number of ether oxygens (including phenoxy) is 1. The monoisotopic (exact) mass is 525 g/mol. The molecule has 4 amide bonds. The molecular weight excluding hydrogens is 499 g/mol. The van der Waals surface area contributed by atoms with E-state index in [4.69, 9.17) is 4.74 Å². The third-order valence-corrected chi connectivity index (χ3v) is 6.07. The van der Waals surface area contributed by atoms with Gasteiger partial charge in [-0.25, -0.2) is 19.5 Å². The zero-order chi connectivity index (χ0) is 26.3. The van der Waals surface area contributed by atoms with Crippen LogP contribution in [0.4, 0.5) is 34.3 Å². The van der Waals surface area contributed by atoms with Gasteiger partial charge in [0.1, 0.15) is 19.0 Å². The van der Waals surface area contributed by atoms with E-state index in [0.29, 0.717) is 12.1 Å². The van der Waals surface area contributed by atoms with Gasteiger partial charge in [-0.05, 0) is 66.8 Å². The predicted molar refractivity (Wildman–Crippen MR) is 129 cm³/mol. The summed E-state index contributed by atoms with van der Waals surface area (Å²) in [6, 6.07) is 7.62. The Morgan fingerprint density at radius 3 is 2.50 bits per heavy atom. The highest BCUT2D eigenvalue weighted by Crippen LogP contribution is 2.37. The second kappa shape index (κ2) is 12.1. The maximum Gasteiger partial charge on any atom is 0.446 e. The normalized spacial score (nSPS) is 14.1. The van der Waals surface area contributed by atoms with E-state index in [1.807, 2.05) is 13.8 Å². The van der Waals surface area contributed by atoms with Crippen LogP contribution in [0.25, 0.3) is 0 Å². The van der Waals surface area contributed by atoms with Gasteiger partial charge in [0.2, 0.25) is 0 Å². The number of hydrogen-bond acceptors (Lipinski definition) is 7. The van der Waals surface area contributed by atoms with E-state index in [0.717, 1.165) is 18.0 Å². The Hall–Kier alpha value is -3.32. The maximum absolute atomic E-state index is 12.9. The molecule has 0 bridgehead atoms. The Bertz CT molecular complexity index is 1080. The lowest BCUT2D eigenvalue weighted by Gasteiger charge is -2.18. The first-order valence-electron chi connectivity index (χ1n) is 11.2. The average Bonchev–Trinajstić information content (AvgIpc) is 3.09. The van der Waals surface area contributed by atoms with Gasteiger partial charge in [0.05, 0.1) is 5.69 Å². The fraction of sp³-hybridized carbons (Fsp3) is 0.391. The molecule has 1 aromatic heterocycles. The highest BCUT2D eigenvalue weighted by molar-refractivity contribution is 8.00. The number of carbonyl (C=O) groups excluding carboxylic acids is 3. The number of anilines is 2. The van der Waals surface area contributed by atoms with Crippen LogP contribution in [-0.4, -0.2) is 71.1 Å². The van der Waals surface area contributed by atoms with Gasteiger partial charge < -0.3 is 14.5 Å². The number of urea groups is 1. The van der Waals surface area contributed by atoms with E-state index in [1.165, 1.54) is 35.4 Å². The van der Waals surface area contributed by atoms with E-state index < -0.39 is 23.5 Å². The lowest BCUT2D eigenvalue weighted by molar-refractivity contribution is -0.116. The summed E-state index contributed by atoms with van der Waals surface area (Å²) < 4.78 is 42.8. The molecule has 1 N–H and O–H groups in total. The molecule has 9 nitrogen and oxygen atoms in total. The number of amides is 4. The largest absolute Gasteiger partial charge is 0.448 e. The van der Waals surface area contributed by atoms with Gasteiger partial charge in [0.15, 0.2) is 0 Å². The summed E-state index contributed by atoms with van der Waals surface area (Å²) in [6.45, 7) is 6.44. The van der Waals surface area contributed by atoms with Crippen LogP contribution in [0, 0.1) is 0 Å². The number of imide groups is 1. The molecule has 0 spiro atoms. The second-order valence-corrected chi connectivity index (χ2v) is 8.89. The average molecular weight is 526 g/mol. The Morgan fingerprint density at radius 1 is 1.17 bits per heavy atom. The molecule has 1 fully saturated rings. The molecule has 36 heavy (non-hydrogen) atoms. The van der Waals surface area contributed by atoms with Crippen LogP contribution in [0.1, 0.15) is 19.4 Å². The van der Waals surface area contributed by atoms with Gasteiger partial charge in [-0.2, -0.15) is 13.2 Å². The van der Waals surface area contributed by atoms with Crippen LogP contribution in [0.2, 0.25) is 0 Å². The standard InChI is InChI=1S/C23H26F3N5O4S/c1-3-29(4-2)11-12-35-21(33)28-19-13-16(9-10-27-19)14-30-15-20(32)31(22(30)34)17-5-7-18(8-6-17)36-23(24,25)26/h5-10,13H,3-4,11-12,14-15H2,1-2H3,(H,27,28,33). The van der Waals surface area contributed by atoms with Crippen LogP contribution >= 0.6 is 11.8 Å². The van der Waals surface area contributed by atoms with E-state index >= 15 is 0 Å². The number of alkyl halides is 3. The number of hydrogen-bond donors (Lipinski definition) is 1.